The van der Waals surface area contributed by atoms with Crippen LogP contribution in [0.2, 0.25) is 0 Å². The number of piperidine rings is 1. The molecule has 0 spiro atoms. The number of carboxylic acid groups (broad SMARTS) is 1. The molecular weight excluding hydrogens is 437 g/mol. The lowest BCUT2D eigenvalue weighted by Crippen LogP contribution is -2.50. The summed E-state index contributed by atoms with van der Waals surface area (Å²) in [5.41, 5.74) is 1.47. The van der Waals surface area contributed by atoms with Crippen molar-refractivity contribution in [2.45, 2.75) is 38.2 Å². The molecule has 1 fully saturated rings. The molecule has 2 amide bonds. The number of hydrogen-bond acceptors (Lipinski definition) is 7. The highest BCUT2D eigenvalue weighted by atomic mass is 19.4. The number of carbonyl (C=O) groups excluding carboxylic acids is 1. The average Bonchev–Trinajstić information content (AvgIpc) is 3.19. The first kappa shape index (κ1) is 23.3. The normalized spacial score (nSPS) is 18.9. The molecule has 10 nitrogen and oxygen atoms in total. The molecule has 0 unspecified atom stereocenters. The minimum atomic E-state index is -4.78. The Hall–Kier alpha value is -3.35. The lowest BCUT2D eigenvalue weighted by Gasteiger charge is -2.36. The first-order chi connectivity index (χ1) is 15.1. The lowest BCUT2D eigenvalue weighted by atomic mass is 9.98. The second kappa shape index (κ2) is 9.85. The van der Waals surface area contributed by atoms with Crippen LogP contribution in [0.5, 0.6) is 6.08 Å². The molecule has 3 rings (SSSR count). The van der Waals surface area contributed by atoms with Crippen molar-refractivity contribution in [3.05, 3.63) is 41.3 Å². The Balaban J connectivity index is 1.57. The molecule has 0 saturated carbocycles. The number of halogens is 3. The zero-order chi connectivity index (χ0) is 23.3. The van der Waals surface area contributed by atoms with Gasteiger partial charge >= 0.3 is 18.5 Å². The Morgan fingerprint density at radius 2 is 1.94 bits per heavy atom. The van der Waals surface area contributed by atoms with Gasteiger partial charge in [-0.3, -0.25) is 14.4 Å². The highest BCUT2D eigenvalue weighted by Crippen LogP contribution is 2.31. The number of benzene rings is 1. The van der Waals surface area contributed by atoms with Crippen LogP contribution in [-0.2, 0) is 4.74 Å². The third kappa shape index (κ3) is 6.33. The van der Waals surface area contributed by atoms with Crippen molar-refractivity contribution in [3.8, 4) is 6.08 Å². The third-order valence-corrected chi connectivity index (χ3v) is 4.76. The molecule has 1 aromatic heterocycles. The van der Waals surface area contributed by atoms with Crippen LogP contribution in [0.1, 0.15) is 40.7 Å². The average molecular weight is 458 g/mol. The van der Waals surface area contributed by atoms with Crippen LogP contribution in [0.25, 0.3) is 0 Å². The highest BCUT2D eigenvalue weighted by Gasteiger charge is 2.36. The van der Waals surface area contributed by atoms with Gasteiger partial charge in [-0.1, -0.05) is 22.8 Å². The Labute approximate surface area is 180 Å². The molecule has 1 aliphatic heterocycles. The van der Waals surface area contributed by atoms with Gasteiger partial charge in [0, 0.05) is 18.2 Å². The summed E-state index contributed by atoms with van der Waals surface area (Å²) in [5, 5.41) is 19.7. The van der Waals surface area contributed by atoms with Crippen LogP contribution in [0, 0.1) is 6.92 Å². The van der Waals surface area contributed by atoms with Crippen molar-refractivity contribution in [2.75, 3.05) is 19.8 Å². The fraction of sp³-hybridized carbons (Fsp3) is 0.474. The van der Waals surface area contributed by atoms with Crippen LogP contribution in [0.15, 0.2) is 28.7 Å². The van der Waals surface area contributed by atoms with Crippen LogP contribution in [0.4, 0.5) is 18.0 Å². The summed E-state index contributed by atoms with van der Waals surface area (Å²) in [4.78, 5) is 25.2. The SMILES string of the molecule is Cc1ccc(C(=O)N[C@H]2CC[C@H](c3nnc(OCCOC(F)(F)F)o3)N(C(=O)O)C2)cc1. The molecule has 1 saturated heterocycles. The van der Waals surface area contributed by atoms with Gasteiger partial charge in [-0.2, -0.15) is 0 Å². The highest BCUT2D eigenvalue weighted by molar-refractivity contribution is 5.94. The van der Waals surface area contributed by atoms with Crippen LogP contribution < -0.4 is 10.1 Å². The second-order valence-electron chi connectivity index (χ2n) is 7.11. The van der Waals surface area contributed by atoms with E-state index >= 15 is 0 Å². The van der Waals surface area contributed by atoms with Gasteiger partial charge in [-0.05, 0) is 31.9 Å². The van der Waals surface area contributed by atoms with E-state index in [2.05, 4.69) is 20.3 Å². The van der Waals surface area contributed by atoms with E-state index in [1.54, 1.807) is 24.3 Å². The van der Waals surface area contributed by atoms with E-state index in [1.807, 2.05) is 6.92 Å². The monoisotopic (exact) mass is 458 g/mol. The maximum atomic E-state index is 12.4. The summed E-state index contributed by atoms with van der Waals surface area (Å²) in [6.45, 7) is 0.642. The molecule has 2 N–H and O–H groups in total. The Kier molecular flexibility index (Phi) is 7.18. The quantitative estimate of drug-likeness (QED) is 0.607. The number of alkyl halides is 3. The van der Waals surface area contributed by atoms with Crippen LogP contribution in [0.3, 0.4) is 0 Å². The summed E-state index contributed by atoms with van der Waals surface area (Å²) >= 11 is 0. The number of aromatic nitrogens is 2. The molecule has 1 aliphatic rings. The van der Waals surface area contributed by atoms with Crippen LogP contribution >= 0.6 is 0 Å². The smallest absolute Gasteiger partial charge is 0.465 e. The largest absolute Gasteiger partial charge is 0.522 e. The van der Waals surface area contributed by atoms with E-state index in [9.17, 15) is 27.9 Å². The number of carbonyl (C=O) groups is 2. The number of amides is 2. The first-order valence-electron chi connectivity index (χ1n) is 9.66. The van der Waals surface area contributed by atoms with Gasteiger partial charge in [0.25, 0.3) is 5.91 Å². The van der Waals surface area contributed by atoms with Gasteiger partial charge in [-0.25, -0.2) is 4.79 Å². The number of nitrogens with zero attached hydrogens (tertiary/aromatic N) is 3. The summed E-state index contributed by atoms with van der Waals surface area (Å²) in [6, 6.07) is 5.78. The maximum absolute atomic E-state index is 12.4. The number of rotatable bonds is 7. The van der Waals surface area contributed by atoms with Gasteiger partial charge < -0.3 is 19.6 Å². The number of nitrogens with one attached hydrogen (secondary N) is 1. The van der Waals surface area contributed by atoms with E-state index < -0.39 is 43.8 Å². The minimum Gasteiger partial charge on any atom is -0.465 e. The zero-order valence-corrected chi connectivity index (χ0v) is 17.0. The predicted octanol–water partition coefficient (Wildman–Crippen LogP) is 2.91. The van der Waals surface area contributed by atoms with Crippen molar-refractivity contribution < 1.29 is 41.8 Å². The summed E-state index contributed by atoms with van der Waals surface area (Å²) in [6.07, 6.45) is -5.69. The topological polar surface area (TPSA) is 127 Å². The molecule has 174 valence electrons. The third-order valence-electron chi connectivity index (χ3n) is 4.76. The molecule has 32 heavy (non-hydrogen) atoms. The molecular formula is C19H21F3N4O6. The zero-order valence-electron chi connectivity index (χ0n) is 17.0. The maximum Gasteiger partial charge on any atom is 0.522 e. The minimum absolute atomic E-state index is 0.00437. The molecule has 2 heterocycles. The Morgan fingerprint density at radius 3 is 2.59 bits per heavy atom. The molecule has 13 heteroatoms. The van der Waals surface area contributed by atoms with Crippen molar-refractivity contribution in [2.24, 2.45) is 0 Å². The second-order valence-corrected chi connectivity index (χ2v) is 7.11. The summed E-state index contributed by atoms with van der Waals surface area (Å²) < 4.78 is 49.6. The summed E-state index contributed by atoms with van der Waals surface area (Å²) in [5.74, 6) is -0.365. The molecule has 0 radical (unpaired) electrons. The molecule has 1 aromatic carbocycles. The van der Waals surface area contributed by atoms with Crippen molar-refractivity contribution in [1.29, 1.82) is 0 Å². The van der Waals surface area contributed by atoms with E-state index in [0.717, 1.165) is 10.5 Å². The lowest BCUT2D eigenvalue weighted by molar-refractivity contribution is -0.325. The van der Waals surface area contributed by atoms with E-state index in [0.29, 0.717) is 12.0 Å². The van der Waals surface area contributed by atoms with Crippen LogP contribution in [-0.4, -0.2) is 64.4 Å². The van der Waals surface area contributed by atoms with Crippen molar-refractivity contribution >= 4 is 12.0 Å². The molecule has 2 aromatic rings. The van der Waals surface area contributed by atoms with Gasteiger partial charge in [0.1, 0.15) is 12.6 Å². The van der Waals surface area contributed by atoms with Gasteiger partial charge in [0.05, 0.1) is 6.61 Å². The Bertz CT molecular complexity index is 934. The summed E-state index contributed by atoms with van der Waals surface area (Å²) in [7, 11) is 0. The van der Waals surface area contributed by atoms with E-state index in [1.165, 1.54) is 0 Å². The van der Waals surface area contributed by atoms with E-state index in [-0.39, 0.29) is 24.8 Å². The van der Waals surface area contributed by atoms with E-state index in [4.69, 9.17) is 9.15 Å². The van der Waals surface area contributed by atoms with Gasteiger partial charge in [0.15, 0.2) is 0 Å². The molecule has 0 aliphatic carbocycles. The molecule has 2 atom stereocenters. The Morgan fingerprint density at radius 1 is 1.22 bits per heavy atom. The number of ether oxygens (including phenoxy) is 2. The number of likely N-dealkylation sites (tertiary alicyclic amines) is 1. The standard InChI is InChI=1S/C19H21F3N4O6/c1-11-2-4-12(5-3-11)15(27)23-13-6-7-14(26(10-13)18(28)29)16-24-25-17(32-16)30-8-9-31-19(20,21)22/h2-5,13-14H,6-10H2,1H3,(H,23,27)(H,28,29)/t13-,14+/m0/s1. The van der Waals surface area contributed by atoms with Gasteiger partial charge in [-0.15, -0.1) is 18.3 Å². The fourth-order valence-electron chi connectivity index (χ4n) is 3.23. The van der Waals surface area contributed by atoms with Crippen molar-refractivity contribution in [3.63, 3.8) is 0 Å². The fourth-order valence-corrected chi connectivity index (χ4v) is 3.23. The first-order valence-corrected chi connectivity index (χ1v) is 9.66. The van der Waals surface area contributed by atoms with Gasteiger partial charge in [0.2, 0.25) is 5.89 Å². The predicted molar refractivity (Wildman–Crippen MR) is 101 cm³/mol. The molecule has 0 bridgehead atoms. The number of hydrogen-bond donors (Lipinski definition) is 2. The number of aryl methyl sites for hydroxylation is 1. The van der Waals surface area contributed by atoms with Crippen molar-refractivity contribution in [1.82, 2.24) is 20.4 Å².